The van der Waals surface area contributed by atoms with Crippen molar-refractivity contribution in [2.45, 2.75) is 38.6 Å². The van der Waals surface area contributed by atoms with Crippen LogP contribution in [0, 0.1) is 11.7 Å². The van der Waals surface area contributed by atoms with Crippen molar-refractivity contribution in [3.8, 4) is 0 Å². The molecule has 1 aliphatic carbocycles. The molecule has 0 saturated heterocycles. The average molecular weight is 222 g/mol. The molecule has 0 aliphatic heterocycles. The lowest BCUT2D eigenvalue weighted by molar-refractivity contribution is 0.445. The van der Waals surface area contributed by atoms with Crippen molar-refractivity contribution in [3.05, 3.63) is 29.8 Å². The summed E-state index contributed by atoms with van der Waals surface area (Å²) in [6.45, 7) is 3.15. The van der Waals surface area contributed by atoms with Crippen LogP contribution in [0.1, 0.15) is 31.7 Å². The molecule has 1 atom stereocenters. The van der Waals surface area contributed by atoms with Gasteiger partial charge in [-0.1, -0.05) is 6.92 Å². The van der Waals surface area contributed by atoms with E-state index in [9.17, 15) is 4.39 Å². The summed E-state index contributed by atoms with van der Waals surface area (Å²) in [5.74, 6) is 0.616. The van der Waals surface area contributed by atoms with Gasteiger partial charge in [0.1, 0.15) is 5.82 Å². The number of hydrogen-bond donors (Lipinski definition) is 1. The van der Waals surface area contributed by atoms with Crippen molar-refractivity contribution in [1.82, 2.24) is 10.3 Å². The number of nitrogens with one attached hydrogen (secondary N) is 1. The highest BCUT2D eigenvalue weighted by Crippen LogP contribution is 2.34. The lowest BCUT2D eigenvalue weighted by Crippen LogP contribution is -2.31. The highest BCUT2D eigenvalue weighted by atomic mass is 19.1. The van der Waals surface area contributed by atoms with E-state index in [1.165, 1.54) is 19.0 Å². The van der Waals surface area contributed by atoms with Gasteiger partial charge < -0.3 is 5.32 Å². The Morgan fingerprint density at radius 3 is 2.94 bits per heavy atom. The molecule has 0 spiro atoms. The van der Waals surface area contributed by atoms with Crippen LogP contribution in [-0.4, -0.2) is 17.6 Å². The maximum atomic E-state index is 12.9. The summed E-state index contributed by atoms with van der Waals surface area (Å²) < 4.78 is 12.9. The van der Waals surface area contributed by atoms with Crippen LogP contribution in [0.3, 0.4) is 0 Å². The Labute approximate surface area is 96.3 Å². The number of halogens is 1. The largest absolute Gasteiger partial charge is 0.314 e. The van der Waals surface area contributed by atoms with Crippen molar-refractivity contribution >= 4 is 0 Å². The molecule has 1 aromatic heterocycles. The molecule has 1 saturated carbocycles. The zero-order valence-electron chi connectivity index (χ0n) is 9.75. The maximum Gasteiger partial charge on any atom is 0.141 e. The lowest BCUT2D eigenvalue weighted by atomic mass is 10.0. The molecule has 1 aromatic rings. The normalized spacial score (nSPS) is 17.4. The van der Waals surface area contributed by atoms with Crippen LogP contribution >= 0.6 is 0 Å². The Bertz CT molecular complexity index is 336. The molecule has 0 aromatic carbocycles. The van der Waals surface area contributed by atoms with Gasteiger partial charge in [-0.2, -0.15) is 0 Å². The fourth-order valence-electron chi connectivity index (χ4n) is 2.18. The van der Waals surface area contributed by atoms with Crippen LogP contribution in [-0.2, 0) is 6.42 Å². The van der Waals surface area contributed by atoms with Crippen LogP contribution < -0.4 is 5.32 Å². The predicted molar refractivity (Wildman–Crippen MR) is 62.7 cm³/mol. The van der Waals surface area contributed by atoms with E-state index >= 15 is 0 Å². The lowest BCUT2D eigenvalue weighted by Gasteiger charge is -2.16. The highest BCUT2D eigenvalue weighted by molar-refractivity contribution is 5.10. The van der Waals surface area contributed by atoms with Crippen LogP contribution in [0.5, 0.6) is 0 Å². The Morgan fingerprint density at radius 1 is 1.50 bits per heavy atom. The molecule has 2 rings (SSSR count). The summed E-state index contributed by atoms with van der Waals surface area (Å²) in [7, 11) is 0. The topological polar surface area (TPSA) is 24.9 Å². The molecule has 16 heavy (non-hydrogen) atoms. The molecular weight excluding hydrogens is 203 g/mol. The van der Waals surface area contributed by atoms with Gasteiger partial charge in [-0.25, -0.2) is 4.39 Å². The van der Waals surface area contributed by atoms with E-state index in [0.717, 1.165) is 30.9 Å². The highest BCUT2D eigenvalue weighted by Gasteiger charge is 2.29. The number of aryl methyl sites for hydroxylation is 1. The third-order valence-electron chi connectivity index (χ3n) is 3.16. The Kier molecular flexibility index (Phi) is 3.88. The van der Waals surface area contributed by atoms with E-state index < -0.39 is 0 Å². The van der Waals surface area contributed by atoms with Gasteiger partial charge in [-0.15, -0.1) is 0 Å². The molecule has 2 nitrogen and oxygen atoms in total. The minimum atomic E-state index is -0.232. The number of hydrogen-bond acceptors (Lipinski definition) is 2. The number of aromatic nitrogens is 1. The summed E-state index contributed by atoms with van der Waals surface area (Å²) in [6, 6.07) is 2.19. The molecule has 1 N–H and O–H groups in total. The SMILES string of the molecule is CCNC(CCc1cncc(F)c1)C1CC1. The van der Waals surface area contributed by atoms with Crippen LogP contribution in [0.4, 0.5) is 4.39 Å². The zero-order chi connectivity index (χ0) is 11.4. The quantitative estimate of drug-likeness (QED) is 0.800. The minimum absolute atomic E-state index is 0.232. The Balaban J connectivity index is 1.85. The summed E-state index contributed by atoms with van der Waals surface area (Å²) in [5, 5.41) is 3.52. The first-order valence-electron chi connectivity index (χ1n) is 6.12. The molecule has 1 aliphatic rings. The fourth-order valence-corrected chi connectivity index (χ4v) is 2.18. The molecule has 88 valence electrons. The monoisotopic (exact) mass is 222 g/mol. The van der Waals surface area contributed by atoms with E-state index in [4.69, 9.17) is 0 Å². The zero-order valence-corrected chi connectivity index (χ0v) is 9.75. The second kappa shape index (κ2) is 5.39. The second-order valence-corrected chi connectivity index (χ2v) is 4.55. The first-order chi connectivity index (χ1) is 7.79. The number of nitrogens with zero attached hydrogens (tertiary/aromatic N) is 1. The summed E-state index contributed by atoms with van der Waals surface area (Å²) in [6.07, 6.45) is 7.71. The molecule has 1 fully saturated rings. The van der Waals surface area contributed by atoms with Gasteiger partial charge in [0.25, 0.3) is 0 Å². The smallest absolute Gasteiger partial charge is 0.141 e. The first-order valence-corrected chi connectivity index (χ1v) is 6.12. The van der Waals surface area contributed by atoms with E-state index in [1.54, 1.807) is 12.3 Å². The van der Waals surface area contributed by atoms with Crippen molar-refractivity contribution < 1.29 is 4.39 Å². The van der Waals surface area contributed by atoms with E-state index in [0.29, 0.717) is 6.04 Å². The van der Waals surface area contributed by atoms with E-state index in [2.05, 4.69) is 17.2 Å². The number of rotatable bonds is 6. The van der Waals surface area contributed by atoms with Gasteiger partial charge >= 0.3 is 0 Å². The Hall–Kier alpha value is -0.960. The molecule has 0 bridgehead atoms. The van der Waals surface area contributed by atoms with Crippen molar-refractivity contribution in [2.75, 3.05) is 6.54 Å². The maximum absolute atomic E-state index is 12.9. The third-order valence-corrected chi connectivity index (χ3v) is 3.16. The molecule has 0 radical (unpaired) electrons. The van der Waals surface area contributed by atoms with Gasteiger partial charge in [-0.3, -0.25) is 4.98 Å². The fraction of sp³-hybridized carbons (Fsp3) is 0.615. The van der Waals surface area contributed by atoms with Crippen LogP contribution in [0.2, 0.25) is 0 Å². The van der Waals surface area contributed by atoms with Crippen molar-refractivity contribution in [3.63, 3.8) is 0 Å². The van der Waals surface area contributed by atoms with Gasteiger partial charge in [0.15, 0.2) is 0 Å². The Morgan fingerprint density at radius 2 is 2.31 bits per heavy atom. The molecule has 0 amide bonds. The van der Waals surface area contributed by atoms with Gasteiger partial charge in [0.05, 0.1) is 6.20 Å². The van der Waals surface area contributed by atoms with Crippen molar-refractivity contribution in [1.29, 1.82) is 0 Å². The average Bonchev–Trinajstić information content (AvgIpc) is 3.08. The molecule has 3 heteroatoms. The van der Waals surface area contributed by atoms with Crippen molar-refractivity contribution in [2.24, 2.45) is 5.92 Å². The summed E-state index contributed by atoms with van der Waals surface area (Å²) >= 11 is 0. The van der Waals surface area contributed by atoms with E-state index in [-0.39, 0.29) is 5.82 Å². The molecular formula is C13H19FN2. The second-order valence-electron chi connectivity index (χ2n) is 4.55. The van der Waals surface area contributed by atoms with Gasteiger partial charge in [0.2, 0.25) is 0 Å². The first kappa shape index (κ1) is 11.5. The summed E-state index contributed by atoms with van der Waals surface area (Å²) in [4.78, 5) is 3.87. The van der Waals surface area contributed by atoms with Crippen LogP contribution in [0.15, 0.2) is 18.5 Å². The number of pyridine rings is 1. The van der Waals surface area contributed by atoms with Gasteiger partial charge in [0, 0.05) is 12.2 Å². The molecule has 1 unspecified atom stereocenters. The van der Waals surface area contributed by atoms with E-state index in [1.807, 2.05) is 0 Å². The van der Waals surface area contributed by atoms with Crippen LogP contribution in [0.25, 0.3) is 0 Å². The van der Waals surface area contributed by atoms with Gasteiger partial charge in [-0.05, 0) is 49.8 Å². The minimum Gasteiger partial charge on any atom is -0.314 e. The summed E-state index contributed by atoms with van der Waals surface area (Å²) in [5.41, 5.74) is 1.00. The molecule has 1 heterocycles. The predicted octanol–water partition coefficient (Wildman–Crippen LogP) is 2.54. The standard InChI is InChI=1S/C13H19FN2/c1-2-16-13(11-4-5-11)6-3-10-7-12(14)9-15-8-10/h7-9,11,13,16H,2-6H2,1H3. The third kappa shape index (κ3) is 3.27.